The molecule has 3 aliphatic heterocycles. The Morgan fingerprint density at radius 1 is 0.812 bits per heavy atom. The minimum absolute atomic E-state index is 0.0259. The summed E-state index contributed by atoms with van der Waals surface area (Å²) in [4.78, 5) is 44.5. The maximum atomic E-state index is 13.9. The first-order chi connectivity index (χ1) is 23.4. The molecule has 4 aromatic rings. The van der Waals surface area contributed by atoms with Crippen LogP contribution in [0.2, 0.25) is 0 Å². The van der Waals surface area contributed by atoms with Gasteiger partial charge in [0.2, 0.25) is 0 Å². The molecule has 0 saturated carbocycles. The van der Waals surface area contributed by atoms with E-state index in [2.05, 4.69) is 40.5 Å². The Kier molecular flexibility index (Phi) is 8.93. The first kappa shape index (κ1) is 31.5. The SMILES string of the molecule is COc1cc(OC)cc(C(=O)Nc2cc(C(=O)N3CCC(Cc4ccccc4)CC3)ccc2N2C[C@H]3C[C@@H](C2)c2cccc(=O)n2C3)c1. The fourth-order valence-electron chi connectivity index (χ4n) is 7.74. The van der Waals surface area contributed by atoms with Crippen LogP contribution in [0.25, 0.3) is 0 Å². The van der Waals surface area contributed by atoms with Crippen LogP contribution in [0.3, 0.4) is 0 Å². The largest absolute Gasteiger partial charge is 0.497 e. The van der Waals surface area contributed by atoms with Crippen molar-refractivity contribution in [2.75, 3.05) is 50.6 Å². The predicted octanol–water partition coefficient (Wildman–Crippen LogP) is 5.84. The van der Waals surface area contributed by atoms with E-state index in [1.807, 2.05) is 39.8 Å². The number of hydrogen-bond donors (Lipinski definition) is 1. The Balaban J connectivity index is 1.15. The Hall–Kier alpha value is -5.05. The Labute approximate surface area is 281 Å². The molecule has 3 aromatic carbocycles. The normalized spacial score (nSPS) is 19.0. The van der Waals surface area contributed by atoms with E-state index >= 15 is 0 Å². The first-order valence-electron chi connectivity index (χ1n) is 16.8. The quantitative estimate of drug-likeness (QED) is 0.259. The monoisotopic (exact) mass is 646 g/mol. The Bertz CT molecular complexity index is 1840. The van der Waals surface area contributed by atoms with Crippen LogP contribution in [0, 0.1) is 11.8 Å². The number of anilines is 2. The molecule has 9 nitrogen and oxygen atoms in total. The maximum absolute atomic E-state index is 13.9. The molecule has 4 heterocycles. The highest BCUT2D eigenvalue weighted by Crippen LogP contribution is 2.40. The summed E-state index contributed by atoms with van der Waals surface area (Å²) in [6.07, 6.45) is 3.96. The standard InChI is InChI=1S/C39H42N4O5/c1-47-32-19-30(20-33(22-32)48-2)38(45)40-34-21-29(39(46)41-15-13-27(14-16-41)17-26-7-4-3-5-8-26)11-12-36(34)42-23-28-18-31(25-42)35-9-6-10-37(44)43(35)24-28/h3-12,19-22,27-28,31H,13-18,23-25H2,1-2H3,(H,40,45)/t28-,31+/m1/s1. The third kappa shape index (κ3) is 6.54. The third-order valence-corrected chi connectivity index (χ3v) is 10.2. The average molecular weight is 647 g/mol. The molecule has 2 saturated heterocycles. The molecule has 0 spiro atoms. The molecule has 1 N–H and O–H groups in total. The van der Waals surface area contributed by atoms with Crippen LogP contribution in [0.4, 0.5) is 11.4 Å². The van der Waals surface area contributed by atoms with E-state index < -0.39 is 0 Å². The van der Waals surface area contributed by atoms with Gasteiger partial charge < -0.3 is 29.2 Å². The van der Waals surface area contributed by atoms with Crippen molar-refractivity contribution in [2.24, 2.45) is 11.8 Å². The van der Waals surface area contributed by atoms with Crippen molar-refractivity contribution >= 4 is 23.2 Å². The lowest BCUT2D eigenvalue weighted by atomic mass is 9.83. The zero-order chi connectivity index (χ0) is 33.2. The summed E-state index contributed by atoms with van der Waals surface area (Å²) in [6.45, 7) is 3.53. The van der Waals surface area contributed by atoms with Gasteiger partial charge in [-0.25, -0.2) is 0 Å². The smallest absolute Gasteiger partial charge is 0.255 e. The van der Waals surface area contributed by atoms with Crippen LogP contribution in [0.15, 0.2) is 89.7 Å². The number of carbonyl (C=O) groups is 2. The summed E-state index contributed by atoms with van der Waals surface area (Å²) < 4.78 is 12.7. The van der Waals surface area contributed by atoms with Crippen molar-refractivity contribution < 1.29 is 19.1 Å². The highest BCUT2D eigenvalue weighted by molar-refractivity contribution is 6.07. The molecule has 2 fully saturated rings. The van der Waals surface area contributed by atoms with E-state index in [1.165, 1.54) is 5.56 Å². The third-order valence-electron chi connectivity index (χ3n) is 10.2. The number of ether oxygens (including phenoxy) is 2. The number of hydrogen-bond acceptors (Lipinski definition) is 6. The van der Waals surface area contributed by atoms with Gasteiger partial charge in [0.1, 0.15) is 11.5 Å². The van der Waals surface area contributed by atoms with Crippen molar-refractivity contribution in [1.82, 2.24) is 9.47 Å². The molecule has 248 valence electrons. The molecule has 2 bridgehead atoms. The molecule has 0 radical (unpaired) electrons. The molecule has 0 unspecified atom stereocenters. The fraction of sp³-hybridized carbons (Fsp3) is 0.359. The number of fused-ring (bicyclic) bond motifs is 4. The summed E-state index contributed by atoms with van der Waals surface area (Å²) in [5.41, 5.74) is 4.81. The number of likely N-dealkylation sites (tertiary alicyclic amines) is 1. The van der Waals surface area contributed by atoms with Crippen molar-refractivity contribution in [2.45, 2.75) is 38.1 Å². The lowest BCUT2D eigenvalue weighted by Gasteiger charge is -2.44. The molecule has 2 amide bonds. The molecular formula is C39H42N4O5. The van der Waals surface area contributed by atoms with Gasteiger partial charge in [0.05, 0.1) is 25.6 Å². The van der Waals surface area contributed by atoms with Crippen molar-refractivity contribution in [3.63, 3.8) is 0 Å². The number of pyridine rings is 1. The summed E-state index contributed by atoms with van der Waals surface area (Å²) in [7, 11) is 3.10. The average Bonchev–Trinajstić information content (AvgIpc) is 3.12. The molecular weight excluding hydrogens is 604 g/mol. The molecule has 9 heteroatoms. The number of carbonyl (C=O) groups excluding carboxylic acids is 2. The summed E-state index contributed by atoms with van der Waals surface area (Å²) in [5.74, 6) is 1.70. The van der Waals surface area contributed by atoms with Gasteiger partial charge in [-0.1, -0.05) is 36.4 Å². The van der Waals surface area contributed by atoms with Crippen LogP contribution in [-0.2, 0) is 13.0 Å². The van der Waals surface area contributed by atoms with Crippen molar-refractivity contribution in [1.29, 1.82) is 0 Å². The highest BCUT2D eigenvalue weighted by Gasteiger charge is 2.35. The van der Waals surface area contributed by atoms with Crippen molar-refractivity contribution in [3.05, 3.63) is 118 Å². The van der Waals surface area contributed by atoms with E-state index in [0.717, 1.165) is 43.6 Å². The Morgan fingerprint density at radius 2 is 1.56 bits per heavy atom. The second-order valence-electron chi connectivity index (χ2n) is 13.3. The number of benzene rings is 3. The highest BCUT2D eigenvalue weighted by atomic mass is 16.5. The van der Waals surface area contributed by atoms with Gasteiger partial charge in [-0.3, -0.25) is 14.4 Å². The molecule has 7 rings (SSSR count). The van der Waals surface area contributed by atoms with Crippen LogP contribution in [0.1, 0.15) is 57.2 Å². The predicted molar refractivity (Wildman–Crippen MR) is 186 cm³/mol. The number of methoxy groups -OCH3 is 2. The zero-order valence-corrected chi connectivity index (χ0v) is 27.6. The van der Waals surface area contributed by atoms with E-state index in [-0.39, 0.29) is 23.3 Å². The van der Waals surface area contributed by atoms with Gasteiger partial charge in [0.25, 0.3) is 17.4 Å². The van der Waals surface area contributed by atoms with Crippen LogP contribution in [-0.4, -0.2) is 61.7 Å². The van der Waals surface area contributed by atoms with E-state index in [9.17, 15) is 14.4 Å². The van der Waals surface area contributed by atoms with E-state index in [1.54, 1.807) is 38.5 Å². The fourth-order valence-corrected chi connectivity index (χ4v) is 7.74. The van der Waals surface area contributed by atoms with E-state index in [4.69, 9.17) is 9.47 Å². The Morgan fingerprint density at radius 3 is 2.29 bits per heavy atom. The van der Waals surface area contributed by atoms with E-state index in [0.29, 0.717) is 66.3 Å². The maximum Gasteiger partial charge on any atom is 0.255 e. The molecule has 1 aromatic heterocycles. The minimum Gasteiger partial charge on any atom is -0.497 e. The molecule has 2 atom stereocenters. The second-order valence-corrected chi connectivity index (χ2v) is 13.3. The van der Waals surface area contributed by atoms with Gasteiger partial charge in [-0.2, -0.15) is 0 Å². The van der Waals surface area contributed by atoms with Crippen LogP contribution < -0.4 is 25.2 Å². The number of rotatable bonds is 8. The summed E-state index contributed by atoms with van der Waals surface area (Å²) in [6, 6.07) is 26.8. The number of nitrogens with one attached hydrogen (secondary N) is 1. The van der Waals surface area contributed by atoms with Gasteiger partial charge >= 0.3 is 0 Å². The number of nitrogens with zero attached hydrogens (tertiary/aromatic N) is 3. The molecule has 48 heavy (non-hydrogen) atoms. The van der Waals surface area contributed by atoms with Crippen LogP contribution in [0.5, 0.6) is 11.5 Å². The number of aromatic nitrogens is 1. The second kappa shape index (κ2) is 13.6. The van der Waals surface area contributed by atoms with Gasteiger partial charge in [-0.15, -0.1) is 0 Å². The number of piperidine rings is 2. The lowest BCUT2D eigenvalue weighted by Crippen LogP contribution is -2.47. The molecule has 3 aliphatic rings. The number of amides is 2. The lowest BCUT2D eigenvalue weighted by molar-refractivity contribution is 0.0690. The molecule has 0 aliphatic carbocycles. The van der Waals surface area contributed by atoms with Crippen LogP contribution >= 0.6 is 0 Å². The summed E-state index contributed by atoms with van der Waals surface area (Å²) >= 11 is 0. The van der Waals surface area contributed by atoms with Gasteiger partial charge in [-0.05, 0) is 79.5 Å². The topological polar surface area (TPSA) is 93.1 Å². The van der Waals surface area contributed by atoms with Crippen molar-refractivity contribution in [3.8, 4) is 11.5 Å². The zero-order valence-electron chi connectivity index (χ0n) is 27.6. The summed E-state index contributed by atoms with van der Waals surface area (Å²) in [5, 5.41) is 3.14. The first-order valence-corrected chi connectivity index (χ1v) is 16.8. The van der Waals surface area contributed by atoms with Gasteiger partial charge in [0.15, 0.2) is 0 Å². The minimum atomic E-state index is -0.325. The van der Waals surface area contributed by atoms with Gasteiger partial charge in [0, 0.05) is 67.6 Å².